The molecule has 14 heavy (non-hydrogen) atoms. The maximum Gasteiger partial charge on any atom is 0.166 e. The summed E-state index contributed by atoms with van der Waals surface area (Å²) >= 11 is 0. The molecule has 0 radical (unpaired) electrons. The van der Waals surface area contributed by atoms with Crippen LogP contribution in [0.2, 0.25) is 0 Å². The number of carbonyl (C=O) groups is 1. The SMILES string of the molecule is CCCCC(C=O)C(OCC)OCC. The molecule has 84 valence electrons. The molecule has 0 aliphatic carbocycles. The molecule has 0 amide bonds. The topological polar surface area (TPSA) is 35.5 Å². The first kappa shape index (κ1) is 13.6. The lowest BCUT2D eigenvalue weighted by Gasteiger charge is -2.22. The van der Waals surface area contributed by atoms with Crippen molar-refractivity contribution in [1.82, 2.24) is 0 Å². The standard InChI is InChI=1S/C11H22O3/c1-4-7-8-10(9-12)11(13-5-2)14-6-3/h9-11H,4-8H2,1-3H3. The van der Waals surface area contributed by atoms with Crippen LogP contribution in [0, 0.1) is 5.92 Å². The third-order valence-corrected chi connectivity index (χ3v) is 2.08. The van der Waals surface area contributed by atoms with E-state index in [9.17, 15) is 4.79 Å². The zero-order chi connectivity index (χ0) is 10.8. The monoisotopic (exact) mass is 202 g/mol. The molecular formula is C11H22O3. The van der Waals surface area contributed by atoms with E-state index in [0.717, 1.165) is 25.5 Å². The highest BCUT2D eigenvalue weighted by atomic mass is 16.7. The second-order valence-corrected chi connectivity index (χ2v) is 3.22. The first-order valence-electron chi connectivity index (χ1n) is 5.48. The number of rotatable bonds is 9. The van der Waals surface area contributed by atoms with Gasteiger partial charge < -0.3 is 14.3 Å². The molecule has 0 aliphatic rings. The molecular weight excluding hydrogens is 180 g/mol. The van der Waals surface area contributed by atoms with Crippen LogP contribution >= 0.6 is 0 Å². The maximum absolute atomic E-state index is 10.8. The smallest absolute Gasteiger partial charge is 0.166 e. The average Bonchev–Trinajstić information content (AvgIpc) is 2.19. The van der Waals surface area contributed by atoms with Crippen molar-refractivity contribution in [3.8, 4) is 0 Å². The summed E-state index contributed by atoms with van der Waals surface area (Å²) in [5, 5.41) is 0. The van der Waals surface area contributed by atoms with Gasteiger partial charge in [-0.25, -0.2) is 0 Å². The van der Waals surface area contributed by atoms with Gasteiger partial charge in [0.25, 0.3) is 0 Å². The Balaban J connectivity index is 4.03. The van der Waals surface area contributed by atoms with E-state index in [1.165, 1.54) is 0 Å². The minimum Gasteiger partial charge on any atom is -0.352 e. The lowest BCUT2D eigenvalue weighted by Crippen LogP contribution is -2.28. The van der Waals surface area contributed by atoms with Crippen LogP contribution in [0.15, 0.2) is 0 Å². The van der Waals surface area contributed by atoms with E-state index in [1.807, 2.05) is 13.8 Å². The van der Waals surface area contributed by atoms with Crippen molar-refractivity contribution in [2.45, 2.75) is 46.3 Å². The van der Waals surface area contributed by atoms with Crippen LogP contribution in [-0.4, -0.2) is 25.8 Å². The molecule has 3 heteroatoms. The van der Waals surface area contributed by atoms with Gasteiger partial charge >= 0.3 is 0 Å². The van der Waals surface area contributed by atoms with Gasteiger partial charge in [0.2, 0.25) is 0 Å². The summed E-state index contributed by atoms with van der Waals surface area (Å²) in [6, 6.07) is 0. The summed E-state index contributed by atoms with van der Waals surface area (Å²) < 4.78 is 10.8. The molecule has 0 saturated heterocycles. The van der Waals surface area contributed by atoms with E-state index in [2.05, 4.69) is 6.92 Å². The van der Waals surface area contributed by atoms with Gasteiger partial charge in [0.05, 0.1) is 5.92 Å². The Hall–Kier alpha value is -0.410. The van der Waals surface area contributed by atoms with Crippen LogP contribution in [0.5, 0.6) is 0 Å². The van der Waals surface area contributed by atoms with Crippen LogP contribution < -0.4 is 0 Å². The van der Waals surface area contributed by atoms with Crippen LogP contribution in [0.1, 0.15) is 40.0 Å². The van der Waals surface area contributed by atoms with Gasteiger partial charge in [-0.15, -0.1) is 0 Å². The van der Waals surface area contributed by atoms with Crippen molar-refractivity contribution in [2.24, 2.45) is 5.92 Å². The van der Waals surface area contributed by atoms with E-state index >= 15 is 0 Å². The summed E-state index contributed by atoms with van der Waals surface area (Å²) in [5.74, 6) is -0.116. The number of hydrogen-bond donors (Lipinski definition) is 0. The van der Waals surface area contributed by atoms with E-state index in [4.69, 9.17) is 9.47 Å². The molecule has 0 fully saturated rings. The lowest BCUT2D eigenvalue weighted by atomic mass is 10.0. The fourth-order valence-electron chi connectivity index (χ4n) is 1.33. The highest BCUT2D eigenvalue weighted by Crippen LogP contribution is 2.15. The Morgan fingerprint density at radius 1 is 1.14 bits per heavy atom. The predicted molar refractivity (Wildman–Crippen MR) is 56.1 cm³/mol. The molecule has 0 N–H and O–H groups in total. The van der Waals surface area contributed by atoms with Gasteiger partial charge in [0.15, 0.2) is 6.29 Å². The molecule has 0 aromatic heterocycles. The Morgan fingerprint density at radius 2 is 1.71 bits per heavy atom. The Bertz CT molecular complexity index is 130. The van der Waals surface area contributed by atoms with Crippen LogP contribution in [-0.2, 0) is 14.3 Å². The van der Waals surface area contributed by atoms with Gasteiger partial charge in [0.1, 0.15) is 6.29 Å². The van der Waals surface area contributed by atoms with Gasteiger partial charge in [-0.2, -0.15) is 0 Å². The van der Waals surface area contributed by atoms with Crippen molar-refractivity contribution in [3.05, 3.63) is 0 Å². The first-order valence-corrected chi connectivity index (χ1v) is 5.48. The van der Waals surface area contributed by atoms with Crippen LogP contribution in [0.4, 0.5) is 0 Å². The molecule has 0 spiro atoms. The van der Waals surface area contributed by atoms with E-state index in [0.29, 0.717) is 13.2 Å². The van der Waals surface area contributed by atoms with Crippen molar-refractivity contribution < 1.29 is 14.3 Å². The summed E-state index contributed by atoms with van der Waals surface area (Å²) in [5.41, 5.74) is 0. The zero-order valence-electron chi connectivity index (χ0n) is 9.49. The van der Waals surface area contributed by atoms with Crippen molar-refractivity contribution in [3.63, 3.8) is 0 Å². The van der Waals surface area contributed by atoms with Crippen molar-refractivity contribution >= 4 is 6.29 Å². The first-order chi connectivity index (χ1) is 6.79. The minimum atomic E-state index is -0.353. The molecule has 0 bridgehead atoms. The normalized spacial score (nSPS) is 13.1. The summed E-state index contributed by atoms with van der Waals surface area (Å²) in [4.78, 5) is 10.8. The van der Waals surface area contributed by atoms with Crippen LogP contribution in [0.3, 0.4) is 0 Å². The second kappa shape index (κ2) is 9.16. The number of aldehydes is 1. The molecule has 0 aromatic carbocycles. The summed E-state index contributed by atoms with van der Waals surface area (Å²) in [6.45, 7) is 7.10. The Morgan fingerprint density at radius 3 is 2.07 bits per heavy atom. The van der Waals surface area contributed by atoms with E-state index in [1.54, 1.807) is 0 Å². The highest BCUT2D eigenvalue weighted by molar-refractivity contribution is 5.54. The summed E-state index contributed by atoms with van der Waals surface area (Å²) in [7, 11) is 0. The predicted octanol–water partition coefficient (Wildman–Crippen LogP) is 2.39. The third-order valence-electron chi connectivity index (χ3n) is 2.08. The fourth-order valence-corrected chi connectivity index (χ4v) is 1.33. The largest absolute Gasteiger partial charge is 0.352 e. The molecule has 3 nitrogen and oxygen atoms in total. The number of unbranched alkanes of at least 4 members (excludes halogenated alkanes) is 1. The fraction of sp³-hybridized carbons (Fsp3) is 0.909. The molecule has 0 saturated carbocycles. The number of carbonyl (C=O) groups excluding carboxylic acids is 1. The van der Waals surface area contributed by atoms with Crippen molar-refractivity contribution in [1.29, 1.82) is 0 Å². The van der Waals surface area contributed by atoms with E-state index in [-0.39, 0.29) is 12.2 Å². The van der Waals surface area contributed by atoms with E-state index < -0.39 is 0 Å². The average molecular weight is 202 g/mol. The Kier molecular flexibility index (Phi) is 8.89. The molecule has 1 atom stereocenters. The van der Waals surface area contributed by atoms with Gasteiger partial charge in [0, 0.05) is 13.2 Å². The second-order valence-electron chi connectivity index (χ2n) is 3.22. The Labute approximate surface area is 86.8 Å². The molecule has 0 rings (SSSR count). The third kappa shape index (κ3) is 5.35. The lowest BCUT2D eigenvalue weighted by molar-refractivity contribution is -0.169. The zero-order valence-corrected chi connectivity index (χ0v) is 9.49. The summed E-state index contributed by atoms with van der Waals surface area (Å²) in [6.07, 6.45) is 3.58. The number of ether oxygens (including phenoxy) is 2. The quantitative estimate of drug-likeness (QED) is 0.425. The highest BCUT2D eigenvalue weighted by Gasteiger charge is 2.20. The van der Waals surface area contributed by atoms with Crippen molar-refractivity contribution in [2.75, 3.05) is 13.2 Å². The molecule has 0 aromatic rings. The maximum atomic E-state index is 10.8. The number of hydrogen-bond acceptors (Lipinski definition) is 3. The molecule has 0 heterocycles. The minimum absolute atomic E-state index is 0.116. The van der Waals surface area contributed by atoms with Gasteiger partial charge in [-0.1, -0.05) is 19.8 Å². The van der Waals surface area contributed by atoms with Crippen LogP contribution in [0.25, 0.3) is 0 Å². The molecule has 1 unspecified atom stereocenters. The molecule has 0 aliphatic heterocycles. The van der Waals surface area contributed by atoms with Gasteiger partial charge in [-0.3, -0.25) is 0 Å². The van der Waals surface area contributed by atoms with Gasteiger partial charge in [-0.05, 0) is 20.3 Å².